The summed E-state index contributed by atoms with van der Waals surface area (Å²) >= 11 is 0. The Labute approximate surface area is 104 Å². The minimum absolute atomic E-state index is 0.108. The van der Waals surface area contributed by atoms with Crippen LogP contribution in [-0.2, 0) is 6.42 Å². The molecule has 92 valence electrons. The molecule has 18 heavy (non-hydrogen) atoms. The van der Waals surface area contributed by atoms with Gasteiger partial charge in [-0.1, -0.05) is 24.3 Å². The van der Waals surface area contributed by atoms with E-state index in [1.54, 1.807) is 36.7 Å². The molecule has 5 nitrogen and oxygen atoms in total. The van der Waals surface area contributed by atoms with Crippen LogP contribution in [0.25, 0.3) is 0 Å². The molecule has 0 aliphatic rings. The number of benzene rings is 1. The van der Waals surface area contributed by atoms with Crippen molar-refractivity contribution in [3.05, 3.63) is 70.0 Å². The Hall–Kier alpha value is -2.27. The maximum absolute atomic E-state index is 10.9. The normalized spacial score (nSPS) is 12.1. The van der Waals surface area contributed by atoms with Crippen LogP contribution in [0.5, 0.6) is 0 Å². The summed E-state index contributed by atoms with van der Waals surface area (Å²) in [4.78, 5) is 14.5. The molecule has 0 fully saturated rings. The second-order valence-corrected chi connectivity index (χ2v) is 3.98. The SMILES string of the molecule is NC(Cc1ccccc1[N+](=O)[O-])c1cccnc1. The standard InChI is InChI=1S/C13H13N3O2/c14-12(11-5-3-7-15-9-11)8-10-4-1-2-6-13(10)16(17)18/h1-7,9,12H,8,14H2. The van der Waals surface area contributed by atoms with Crippen LogP contribution >= 0.6 is 0 Å². The van der Waals surface area contributed by atoms with Crippen molar-refractivity contribution in [1.82, 2.24) is 4.98 Å². The van der Waals surface area contributed by atoms with Gasteiger partial charge in [0.15, 0.2) is 0 Å². The van der Waals surface area contributed by atoms with Gasteiger partial charge >= 0.3 is 0 Å². The molecule has 5 heteroatoms. The molecule has 2 N–H and O–H groups in total. The summed E-state index contributed by atoms with van der Waals surface area (Å²) in [7, 11) is 0. The topological polar surface area (TPSA) is 82.0 Å². The monoisotopic (exact) mass is 243 g/mol. The quantitative estimate of drug-likeness (QED) is 0.659. The lowest BCUT2D eigenvalue weighted by molar-refractivity contribution is -0.385. The number of hydrogen-bond donors (Lipinski definition) is 1. The highest BCUT2D eigenvalue weighted by molar-refractivity contribution is 5.40. The number of pyridine rings is 1. The third-order valence-corrected chi connectivity index (χ3v) is 2.74. The maximum Gasteiger partial charge on any atom is 0.272 e. The van der Waals surface area contributed by atoms with Gasteiger partial charge in [0, 0.05) is 30.1 Å². The summed E-state index contributed by atoms with van der Waals surface area (Å²) in [6.45, 7) is 0. The van der Waals surface area contributed by atoms with E-state index in [2.05, 4.69) is 4.98 Å². The average Bonchev–Trinajstić information content (AvgIpc) is 2.40. The lowest BCUT2D eigenvalue weighted by Crippen LogP contribution is -2.14. The lowest BCUT2D eigenvalue weighted by atomic mass is 10.00. The first-order chi connectivity index (χ1) is 8.68. The Morgan fingerprint density at radius 1 is 1.28 bits per heavy atom. The van der Waals surface area contributed by atoms with E-state index in [9.17, 15) is 10.1 Å². The summed E-state index contributed by atoms with van der Waals surface area (Å²) in [5.41, 5.74) is 7.65. The summed E-state index contributed by atoms with van der Waals surface area (Å²) in [6, 6.07) is 10.0. The minimum Gasteiger partial charge on any atom is -0.324 e. The zero-order chi connectivity index (χ0) is 13.0. The Kier molecular flexibility index (Phi) is 3.64. The zero-order valence-corrected chi connectivity index (χ0v) is 9.69. The second-order valence-electron chi connectivity index (χ2n) is 3.98. The van der Waals surface area contributed by atoms with Gasteiger partial charge in [-0.25, -0.2) is 0 Å². The number of rotatable bonds is 4. The second kappa shape index (κ2) is 5.37. The number of nitrogens with two attached hydrogens (primary N) is 1. The van der Waals surface area contributed by atoms with Gasteiger partial charge in [0.2, 0.25) is 0 Å². The average molecular weight is 243 g/mol. The number of nitro groups is 1. The van der Waals surface area contributed by atoms with E-state index in [1.807, 2.05) is 6.07 Å². The summed E-state index contributed by atoms with van der Waals surface area (Å²) in [5, 5.41) is 10.9. The highest BCUT2D eigenvalue weighted by atomic mass is 16.6. The molecule has 0 saturated heterocycles. The lowest BCUT2D eigenvalue weighted by Gasteiger charge is -2.11. The van der Waals surface area contributed by atoms with Crippen LogP contribution in [0.3, 0.4) is 0 Å². The molecule has 0 amide bonds. The molecule has 1 heterocycles. The number of aromatic nitrogens is 1. The summed E-state index contributed by atoms with van der Waals surface area (Å²) in [6.07, 6.45) is 3.77. The number of hydrogen-bond acceptors (Lipinski definition) is 4. The summed E-state index contributed by atoms with van der Waals surface area (Å²) in [5.74, 6) is 0. The van der Waals surface area contributed by atoms with Crippen LogP contribution in [0.15, 0.2) is 48.8 Å². The highest BCUT2D eigenvalue weighted by Crippen LogP contribution is 2.23. The molecule has 1 unspecified atom stereocenters. The molecule has 2 aromatic rings. The number of nitrogens with zero attached hydrogens (tertiary/aromatic N) is 2. The molecule has 0 radical (unpaired) electrons. The van der Waals surface area contributed by atoms with Gasteiger partial charge in [-0.3, -0.25) is 15.1 Å². The highest BCUT2D eigenvalue weighted by Gasteiger charge is 2.16. The van der Waals surface area contributed by atoms with Crippen LogP contribution < -0.4 is 5.73 Å². The van der Waals surface area contributed by atoms with Crippen LogP contribution in [0, 0.1) is 10.1 Å². The molecular formula is C13H13N3O2. The smallest absolute Gasteiger partial charge is 0.272 e. The first-order valence-electron chi connectivity index (χ1n) is 5.56. The Balaban J connectivity index is 2.22. The Morgan fingerprint density at radius 3 is 2.72 bits per heavy atom. The van der Waals surface area contributed by atoms with Crippen molar-refractivity contribution in [2.75, 3.05) is 0 Å². The van der Waals surface area contributed by atoms with Gasteiger partial charge in [-0.15, -0.1) is 0 Å². The van der Waals surface area contributed by atoms with Gasteiger partial charge in [0.25, 0.3) is 5.69 Å². The van der Waals surface area contributed by atoms with Crippen molar-refractivity contribution in [1.29, 1.82) is 0 Å². The van der Waals surface area contributed by atoms with Crippen molar-refractivity contribution >= 4 is 5.69 Å². The molecule has 0 aliphatic heterocycles. The van der Waals surface area contributed by atoms with Crippen LogP contribution in [0.1, 0.15) is 17.2 Å². The fourth-order valence-corrected chi connectivity index (χ4v) is 1.81. The van der Waals surface area contributed by atoms with E-state index < -0.39 is 0 Å². The summed E-state index contributed by atoms with van der Waals surface area (Å²) < 4.78 is 0. The molecule has 0 bridgehead atoms. The van der Waals surface area contributed by atoms with Crippen molar-refractivity contribution in [3.8, 4) is 0 Å². The molecule has 0 spiro atoms. The minimum atomic E-state index is -0.384. The molecule has 0 saturated carbocycles. The van der Waals surface area contributed by atoms with Crippen LogP contribution in [-0.4, -0.2) is 9.91 Å². The van der Waals surface area contributed by atoms with Crippen LogP contribution in [0.4, 0.5) is 5.69 Å². The van der Waals surface area contributed by atoms with Gasteiger partial charge in [-0.05, 0) is 18.1 Å². The molecule has 1 aromatic carbocycles. The van der Waals surface area contributed by atoms with Crippen molar-refractivity contribution in [2.24, 2.45) is 5.73 Å². The third kappa shape index (κ3) is 2.70. The van der Waals surface area contributed by atoms with E-state index in [4.69, 9.17) is 5.73 Å². The largest absolute Gasteiger partial charge is 0.324 e. The van der Waals surface area contributed by atoms with Crippen molar-refractivity contribution in [3.63, 3.8) is 0 Å². The van der Waals surface area contributed by atoms with Crippen LogP contribution in [0.2, 0.25) is 0 Å². The van der Waals surface area contributed by atoms with Gasteiger partial charge in [0.05, 0.1) is 4.92 Å². The van der Waals surface area contributed by atoms with Gasteiger partial charge < -0.3 is 5.73 Å². The van der Waals surface area contributed by atoms with Gasteiger partial charge in [-0.2, -0.15) is 0 Å². The van der Waals surface area contributed by atoms with Crippen molar-refractivity contribution in [2.45, 2.75) is 12.5 Å². The molecule has 0 aliphatic carbocycles. The van der Waals surface area contributed by atoms with E-state index in [0.717, 1.165) is 5.56 Å². The van der Waals surface area contributed by atoms with E-state index in [1.165, 1.54) is 6.07 Å². The first-order valence-corrected chi connectivity index (χ1v) is 5.56. The molecule has 1 atom stereocenters. The predicted molar refractivity (Wildman–Crippen MR) is 68.0 cm³/mol. The van der Waals surface area contributed by atoms with E-state index >= 15 is 0 Å². The number of nitro benzene ring substituents is 1. The Morgan fingerprint density at radius 2 is 2.06 bits per heavy atom. The Bertz CT molecular complexity index is 543. The molecule has 2 rings (SSSR count). The first kappa shape index (κ1) is 12.2. The van der Waals surface area contributed by atoms with Crippen molar-refractivity contribution < 1.29 is 4.92 Å². The van der Waals surface area contributed by atoms with E-state index in [0.29, 0.717) is 12.0 Å². The predicted octanol–water partition coefficient (Wildman–Crippen LogP) is 2.23. The molecular weight excluding hydrogens is 230 g/mol. The number of para-hydroxylation sites is 1. The van der Waals surface area contributed by atoms with E-state index in [-0.39, 0.29) is 16.7 Å². The fourth-order valence-electron chi connectivity index (χ4n) is 1.81. The molecule has 1 aromatic heterocycles. The van der Waals surface area contributed by atoms with Gasteiger partial charge in [0.1, 0.15) is 0 Å². The third-order valence-electron chi connectivity index (χ3n) is 2.74. The fraction of sp³-hybridized carbons (Fsp3) is 0.154. The zero-order valence-electron chi connectivity index (χ0n) is 9.69. The maximum atomic E-state index is 10.9.